The van der Waals surface area contributed by atoms with Crippen LogP contribution in [0.1, 0.15) is 13.8 Å². The van der Waals surface area contributed by atoms with Crippen LogP contribution >= 0.6 is 0 Å². The van der Waals surface area contributed by atoms with Crippen molar-refractivity contribution in [2.24, 2.45) is 0 Å². The van der Waals surface area contributed by atoms with Crippen LogP contribution in [-0.2, 0) is 0 Å². The molecule has 13 heavy (non-hydrogen) atoms. The Morgan fingerprint density at radius 3 is 2.46 bits per heavy atom. The van der Waals surface area contributed by atoms with Gasteiger partial charge in [0.2, 0.25) is 0 Å². The van der Waals surface area contributed by atoms with Gasteiger partial charge in [-0.15, -0.1) is 5.12 Å². The van der Waals surface area contributed by atoms with Crippen molar-refractivity contribution >= 4 is 0 Å². The van der Waals surface area contributed by atoms with Gasteiger partial charge in [0.25, 0.3) is 0 Å². The summed E-state index contributed by atoms with van der Waals surface area (Å²) < 4.78 is 0. The van der Waals surface area contributed by atoms with Gasteiger partial charge < -0.3 is 10.3 Å². The quantitative estimate of drug-likeness (QED) is 0.688. The summed E-state index contributed by atoms with van der Waals surface area (Å²) in [6, 6.07) is 0.497. The molecule has 1 aliphatic rings. The van der Waals surface area contributed by atoms with Crippen LogP contribution in [0.25, 0.3) is 0 Å². The van der Waals surface area contributed by atoms with Gasteiger partial charge in [0, 0.05) is 25.8 Å². The molecule has 0 aromatic rings. The summed E-state index contributed by atoms with van der Waals surface area (Å²) in [6.45, 7) is 5.30. The Hall–Kier alpha value is -0.740. The molecule has 0 saturated carbocycles. The molecule has 4 nitrogen and oxygen atoms in total. The molecule has 0 aliphatic carbocycles. The third-order valence-electron chi connectivity index (χ3n) is 1.96. The zero-order valence-corrected chi connectivity index (χ0v) is 9.20. The second kappa shape index (κ2) is 3.98. The molecular weight excluding hydrogens is 164 g/mol. The Morgan fingerprint density at radius 2 is 2.08 bits per heavy atom. The highest BCUT2D eigenvalue weighted by atomic mass is 15.8. The number of hydrazine groups is 2. The van der Waals surface area contributed by atoms with E-state index < -0.39 is 0 Å². The molecule has 0 spiro atoms. The highest BCUT2D eigenvalue weighted by molar-refractivity contribution is 5.04. The summed E-state index contributed by atoms with van der Waals surface area (Å²) in [4.78, 5) is 2.15. The molecule has 0 atom stereocenters. The van der Waals surface area contributed by atoms with E-state index in [1.54, 1.807) is 0 Å². The highest BCUT2D eigenvalue weighted by Gasteiger charge is 2.19. The van der Waals surface area contributed by atoms with Crippen molar-refractivity contribution < 1.29 is 0 Å². The Morgan fingerprint density at radius 1 is 1.46 bits per heavy atom. The highest BCUT2D eigenvalue weighted by Crippen LogP contribution is 2.11. The zero-order valence-electron chi connectivity index (χ0n) is 9.20. The van der Waals surface area contributed by atoms with E-state index in [2.05, 4.69) is 49.5 Å². The SMILES string of the molecule is CC(C)N1C=C(CN(C)C)NN1C. The summed E-state index contributed by atoms with van der Waals surface area (Å²) in [5.41, 5.74) is 4.53. The van der Waals surface area contributed by atoms with Crippen molar-refractivity contribution in [1.82, 2.24) is 20.5 Å². The maximum Gasteiger partial charge on any atom is 0.0596 e. The Labute approximate surface area is 80.7 Å². The fourth-order valence-corrected chi connectivity index (χ4v) is 1.45. The van der Waals surface area contributed by atoms with Crippen LogP contribution in [0.15, 0.2) is 11.9 Å². The Kier molecular flexibility index (Phi) is 3.17. The average Bonchev–Trinajstić information content (AvgIpc) is 2.29. The lowest BCUT2D eigenvalue weighted by Crippen LogP contribution is -2.42. The van der Waals surface area contributed by atoms with Gasteiger partial charge in [-0.3, -0.25) is 5.01 Å². The summed E-state index contributed by atoms with van der Waals surface area (Å²) in [6.07, 6.45) is 2.16. The van der Waals surface area contributed by atoms with Crippen molar-refractivity contribution in [3.63, 3.8) is 0 Å². The maximum atomic E-state index is 3.30. The fraction of sp³-hybridized carbons (Fsp3) is 0.778. The van der Waals surface area contributed by atoms with Crippen LogP contribution in [-0.4, -0.2) is 48.8 Å². The van der Waals surface area contributed by atoms with E-state index in [0.717, 1.165) is 6.54 Å². The number of likely N-dealkylation sites (N-methyl/N-ethyl adjacent to an activating group) is 1. The van der Waals surface area contributed by atoms with Gasteiger partial charge in [-0.1, -0.05) is 0 Å². The third-order valence-corrected chi connectivity index (χ3v) is 1.96. The largest absolute Gasteiger partial charge is 0.304 e. The van der Waals surface area contributed by atoms with Gasteiger partial charge in [0.1, 0.15) is 0 Å². The lowest BCUT2D eigenvalue weighted by atomic mass is 10.4. The molecule has 1 rings (SSSR count). The van der Waals surface area contributed by atoms with Crippen molar-refractivity contribution in [3.05, 3.63) is 11.9 Å². The van der Waals surface area contributed by atoms with Gasteiger partial charge in [-0.05, 0) is 27.9 Å². The first-order chi connectivity index (χ1) is 6.00. The Balaban J connectivity index is 2.55. The van der Waals surface area contributed by atoms with E-state index in [9.17, 15) is 0 Å². The molecule has 0 aromatic carbocycles. The van der Waals surface area contributed by atoms with E-state index >= 15 is 0 Å². The van der Waals surface area contributed by atoms with Crippen molar-refractivity contribution in [3.8, 4) is 0 Å². The molecule has 4 heteroatoms. The van der Waals surface area contributed by atoms with E-state index in [1.807, 2.05) is 12.2 Å². The summed E-state index contributed by atoms with van der Waals surface area (Å²) in [5, 5.41) is 4.20. The molecular formula is C9H20N4. The van der Waals surface area contributed by atoms with Gasteiger partial charge in [0.15, 0.2) is 0 Å². The topological polar surface area (TPSA) is 21.8 Å². The molecule has 0 radical (unpaired) electrons. The van der Waals surface area contributed by atoms with Crippen molar-refractivity contribution in [1.29, 1.82) is 0 Å². The second-order valence-corrected chi connectivity index (χ2v) is 4.00. The molecule has 0 bridgehead atoms. The van der Waals surface area contributed by atoms with E-state index in [1.165, 1.54) is 5.70 Å². The lowest BCUT2D eigenvalue weighted by Gasteiger charge is -2.28. The molecule has 0 saturated heterocycles. The maximum absolute atomic E-state index is 3.30. The first kappa shape index (κ1) is 10.3. The van der Waals surface area contributed by atoms with E-state index in [4.69, 9.17) is 0 Å². The summed E-state index contributed by atoms with van der Waals surface area (Å²) >= 11 is 0. The molecule has 76 valence electrons. The summed E-state index contributed by atoms with van der Waals surface area (Å²) in [7, 11) is 6.17. The second-order valence-electron chi connectivity index (χ2n) is 4.00. The molecule has 1 aliphatic heterocycles. The third kappa shape index (κ3) is 2.60. The van der Waals surface area contributed by atoms with Crippen LogP contribution in [0, 0.1) is 0 Å². The monoisotopic (exact) mass is 184 g/mol. The number of rotatable bonds is 3. The molecule has 0 unspecified atom stereocenters. The molecule has 0 amide bonds. The first-order valence-electron chi connectivity index (χ1n) is 4.64. The molecule has 1 N–H and O–H groups in total. The normalized spacial score (nSPS) is 18.4. The smallest absolute Gasteiger partial charge is 0.0596 e. The van der Waals surface area contributed by atoms with Crippen LogP contribution in [0.5, 0.6) is 0 Å². The van der Waals surface area contributed by atoms with Gasteiger partial charge in [0.05, 0.1) is 5.70 Å². The number of hydrogen-bond donors (Lipinski definition) is 1. The number of hydrogen-bond acceptors (Lipinski definition) is 4. The minimum absolute atomic E-state index is 0.497. The zero-order chi connectivity index (χ0) is 10.0. The van der Waals surface area contributed by atoms with Crippen LogP contribution in [0.2, 0.25) is 0 Å². The van der Waals surface area contributed by atoms with Gasteiger partial charge >= 0.3 is 0 Å². The van der Waals surface area contributed by atoms with Crippen LogP contribution < -0.4 is 5.43 Å². The molecule has 1 heterocycles. The van der Waals surface area contributed by atoms with Crippen LogP contribution in [0.3, 0.4) is 0 Å². The standard InChI is InChI=1S/C9H20N4/c1-8(2)13-7-9(6-11(3)4)10-12(13)5/h7-8,10H,6H2,1-5H3. The fourth-order valence-electron chi connectivity index (χ4n) is 1.45. The first-order valence-corrected chi connectivity index (χ1v) is 4.64. The molecule has 0 fully saturated rings. The van der Waals surface area contributed by atoms with Crippen molar-refractivity contribution in [2.75, 3.05) is 27.7 Å². The average molecular weight is 184 g/mol. The molecule has 0 aromatic heterocycles. The predicted molar refractivity (Wildman–Crippen MR) is 54.5 cm³/mol. The predicted octanol–water partition coefficient (Wildman–Crippen LogP) is 0.465. The van der Waals surface area contributed by atoms with Gasteiger partial charge in [-0.25, -0.2) is 0 Å². The lowest BCUT2D eigenvalue weighted by molar-refractivity contribution is 0.00878. The summed E-state index contributed by atoms with van der Waals surface area (Å²) in [5.74, 6) is 0. The van der Waals surface area contributed by atoms with Crippen LogP contribution in [0.4, 0.5) is 0 Å². The number of nitrogens with zero attached hydrogens (tertiary/aromatic N) is 3. The van der Waals surface area contributed by atoms with E-state index in [0.29, 0.717) is 6.04 Å². The minimum atomic E-state index is 0.497. The minimum Gasteiger partial charge on any atom is -0.304 e. The van der Waals surface area contributed by atoms with Gasteiger partial charge in [-0.2, -0.15) is 0 Å². The van der Waals surface area contributed by atoms with E-state index in [-0.39, 0.29) is 0 Å². The van der Waals surface area contributed by atoms with Crippen molar-refractivity contribution in [2.45, 2.75) is 19.9 Å². The number of nitrogens with one attached hydrogen (secondary N) is 1. The Bertz CT molecular complexity index is 198.